The van der Waals surface area contributed by atoms with Crippen molar-refractivity contribution >= 4 is 15.9 Å². The second-order valence-corrected chi connectivity index (χ2v) is 4.38. The van der Waals surface area contributed by atoms with Gasteiger partial charge in [0.05, 0.1) is 0 Å². The van der Waals surface area contributed by atoms with Gasteiger partial charge in [-0.3, -0.25) is 0 Å². The van der Waals surface area contributed by atoms with E-state index in [0.29, 0.717) is 0 Å². The van der Waals surface area contributed by atoms with Crippen molar-refractivity contribution in [3.63, 3.8) is 0 Å². The van der Waals surface area contributed by atoms with Gasteiger partial charge in [-0.25, -0.2) is 0 Å². The van der Waals surface area contributed by atoms with Crippen LogP contribution in [-0.4, -0.2) is 5.33 Å². The van der Waals surface area contributed by atoms with E-state index in [9.17, 15) is 0 Å². The first-order valence-electron chi connectivity index (χ1n) is 5.43. The molecular formula is C13H25Br. The van der Waals surface area contributed by atoms with E-state index in [0.717, 1.165) is 5.33 Å². The van der Waals surface area contributed by atoms with E-state index in [1.54, 1.807) is 0 Å². The van der Waals surface area contributed by atoms with Gasteiger partial charge in [0.1, 0.15) is 0 Å². The molecule has 0 aliphatic rings. The van der Waals surface area contributed by atoms with E-state index in [-0.39, 0.29) is 0 Å². The highest BCUT2D eigenvalue weighted by Crippen LogP contribution is 2.06. The van der Waals surface area contributed by atoms with Gasteiger partial charge in [0.15, 0.2) is 0 Å². The maximum Gasteiger partial charge on any atom is 0.0214 e. The molecule has 0 aromatic carbocycles. The van der Waals surface area contributed by atoms with Gasteiger partial charge in [0.2, 0.25) is 0 Å². The molecule has 0 rings (SSSR count). The lowest BCUT2D eigenvalue weighted by Gasteiger charge is -1.96. The number of rotatable bonds is 4. The molecule has 0 amide bonds. The summed E-state index contributed by atoms with van der Waals surface area (Å²) >= 11 is 3.38. The minimum Gasteiger partial charge on any atom is -0.0883 e. The van der Waals surface area contributed by atoms with Gasteiger partial charge in [0, 0.05) is 5.33 Å². The summed E-state index contributed by atoms with van der Waals surface area (Å²) in [6.07, 6.45) is 8.12. The van der Waals surface area contributed by atoms with Gasteiger partial charge >= 0.3 is 0 Å². The van der Waals surface area contributed by atoms with Crippen LogP contribution in [0.5, 0.6) is 0 Å². The van der Waals surface area contributed by atoms with Gasteiger partial charge in [-0.15, -0.1) is 0 Å². The normalized spacial score (nSPS) is 10.3. The van der Waals surface area contributed by atoms with Crippen molar-refractivity contribution in [2.24, 2.45) is 0 Å². The largest absolute Gasteiger partial charge is 0.0883 e. The summed E-state index contributed by atoms with van der Waals surface area (Å²) in [7, 11) is 0. The number of alkyl halides is 1. The molecule has 84 valence electrons. The number of halogens is 1. The highest BCUT2D eigenvalue weighted by Gasteiger charge is 1.86. The lowest BCUT2D eigenvalue weighted by atomic mass is 10.1. The molecule has 0 heterocycles. The molecule has 14 heavy (non-hydrogen) atoms. The van der Waals surface area contributed by atoms with Crippen LogP contribution < -0.4 is 0 Å². The number of allylic oxidation sites excluding steroid dienone is 4. The van der Waals surface area contributed by atoms with E-state index in [4.69, 9.17) is 0 Å². The second kappa shape index (κ2) is 13.0. The molecule has 0 bridgehead atoms. The molecule has 0 nitrogen and oxygen atoms in total. The van der Waals surface area contributed by atoms with Crippen molar-refractivity contribution in [1.29, 1.82) is 0 Å². The lowest BCUT2D eigenvalue weighted by Crippen LogP contribution is -1.77. The Kier molecular flexibility index (Phi) is 15.2. The zero-order chi connectivity index (χ0) is 11.4. The van der Waals surface area contributed by atoms with Crippen molar-refractivity contribution in [3.05, 3.63) is 23.3 Å². The van der Waals surface area contributed by atoms with E-state index in [1.807, 2.05) is 0 Å². The second-order valence-electron chi connectivity index (χ2n) is 3.73. The Balaban J connectivity index is 0. The van der Waals surface area contributed by atoms with Crippen LogP contribution in [0, 0.1) is 0 Å². The molecule has 0 saturated carbocycles. The molecule has 1 heteroatoms. The van der Waals surface area contributed by atoms with Crippen molar-refractivity contribution < 1.29 is 0 Å². The maximum atomic E-state index is 3.38. The third kappa shape index (κ3) is 17.9. The SMILES string of the molecule is CC(C)=CCC/C(C)=C\CBr.CCC. The van der Waals surface area contributed by atoms with Crippen LogP contribution in [0.15, 0.2) is 23.3 Å². The van der Waals surface area contributed by atoms with Crippen LogP contribution in [0.4, 0.5) is 0 Å². The Labute approximate surface area is 98.6 Å². The van der Waals surface area contributed by atoms with E-state index < -0.39 is 0 Å². The predicted octanol–water partition coefficient (Wildman–Crippen LogP) is 5.49. The Bertz CT molecular complexity index is 162. The standard InChI is InChI=1S/C10H17Br.C3H8/c1-9(2)5-4-6-10(3)7-8-11;1-3-2/h5,7H,4,6,8H2,1-3H3;3H2,1-2H3/b10-7-;. The third-order valence-corrected chi connectivity index (χ3v) is 1.84. The van der Waals surface area contributed by atoms with E-state index in [1.165, 1.54) is 30.4 Å². The van der Waals surface area contributed by atoms with E-state index >= 15 is 0 Å². The Hall–Kier alpha value is -0.0400. The molecule has 0 aliphatic carbocycles. The van der Waals surface area contributed by atoms with Gasteiger partial charge in [0.25, 0.3) is 0 Å². The summed E-state index contributed by atoms with van der Waals surface area (Å²) in [6, 6.07) is 0. The molecule has 0 aromatic heterocycles. The van der Waals surface area contributed by atoms with Gasteiger partial charge < -0.3 is 0 Å². The monoisotopic (exact) mass is 260 g/mol. The molecule has 0 saturated heterocycles. The van der Waals surface area contributed by atoms with Crippen LogP contribution in [-0.2, 0) is 0 Å². The zero-order valence-electron chi connectivity index (χ0n) is 10.4. The molecule has 0 fully saturated rings. The van der Waals surface area contributed by atoms with Crippen molar-refractivity contribution in [3.8, 4) is 0 Å². The van der Waals surface area contributed by atoms with Crippen molar-refractivity contribution in [1.82, 2.24) is 0 Å². The summed E-state index contributed by atoms with van der Waals surface area (Å²) in [4.78, 5) is 0. The lowest BCUT2D eigenvalue weighted by molar-refractivity contribution is 0.964. The summed E-state index contributed by atoms with van der Waals surface area (Å²) in [5.41, 5.74) is 2.89. The fourth-order valence-corrected chi connectivity index (χ4v) is 1.37. The molecule has 0 unspecified atom stereocenters. The summed E-state index contributed by atoms with van der Waals surface area (Å²) in [5.74, 6) is 0. The Morgan fingerprint density at radius 1 is 1.07 bits per heavy atom. The highest BCUT2D eigenvalue weighted by molar-refractivity contribution is 9.09. The number of hydrogen-bond acceptors (Lipinski definition) is 0. The molecule has 0 radical (unpaired) electrons. The van der Waals surface area contributed by atoms with Crippen molar-refractivity contribution in [2.75, 3.05) is 5.33 Å². The molecule has 0 spiro atoms. The van der Waals surface area contributed by atoms with Gasteiger partial charge in [-0.05, 0) is 33.6 Å². The summed E-state index contributed by atoms with van der Waals surface area (Å²) < 4.78 is 0. The summed E-state index contributed by atoms with van der Waals surface area (Å²) in [6.45, 7) is 10.7. The van der Waals surface area contributed by atoms with E-state index in [2.05, 4.69) is 62.7 Å². The molecular weight excluding hydrogens is 236 g/mol. The fourth-order valence-electron chi connectivity index (χ4n) is 0.822. The average Bonchev–Trinajstić information content (AvgIpc) is 2.05. The predicted molar refractivity (Wildman–Crippen MR) is 72.2 cm³/mol. The fraction of sp³-hybridized carbons (Fsp3) is 0.692. The first-order valence-corrected chi connectivity index (χ1v) is 6.55. The van der Waals surface area contributed by atoms with Crippen LogP contribution in [0.25, 0.3) is 0 Å². The first kappa shape index (κ1) is 16.4. The topological polar surface area (TPSA) is 0 Å². The minimum atomic E-state index is 0.980. The van der Waals surface area contributed by atoms with Crippen LogP contribution in [0.1, 0.15) is 53.9 Å². The van der Waals surface area contributed by atoms with Gasteiger partial charge in [-0.2, -0.15) is 0 Å². The van der Waals surface area contributed by atoms with Crippen molar-refractivity contribution in [2.45, 2.75) is 53.9 Å². The third-order valence-electron chi connectivity index (χ3n) is 1.52. The summed E-state index contributed by atoms with van der Waals surface area (Å²) in [5, 5.41) is 0.980. The molecule has 0 aromatic rings. The Morgan fingerprint density at radius 2 is 1.57 bits per heavy atom. The first-order chi connectivity index (χ1) is 6.58. The quantitative estimate of drug-likeness (QED) is 0.463. The van der Waals surface area contributed by atoms with Crippen LogP contribution in [0.3, 0.4) is 0 Å². The smallest absolute Gasteiger partial charge is 0.0214 e. The maximum absolute atomic E-state index is 3.38. The highest BCUT2D eigenvalue weighted by atomic mass is 79.9. The van der Waals surface area contributed by atoms with Crippen LogP contribution in [0.2, 0.25) is 0 Å². The molecule has 0 atom stereocenters. The average molecular weight is 261 g/mol. The molecule has 0 aliphatic heterocycles. The Morgan fingerprint density at radius 3 is 1.93 bits per heavy atom. The number of hydrogen-bond donors (Lipinski definition) is 0. The minimum absolute atomic E-state index is 0.980. The molecule has 0 N–H and O–H groups in total. The van der Waals surface area contributed by atoms with Gasteiger partial charge in [-0.1, -0.05) is 59.5 Å². The zero-order valence-corrected chi connectivity index (χ0v) is 11.9. The van der Waals surface area contributed by atoms with Crippen LogP contribution >= 0.6 is 15.9 Å².